The average Bonchev–Trinajstić information content (AvgIpc) is 3.97. The van der Waals surface area contributed by atoms with Gasteiger partial charge in [0.15, 0.2) is 5.69 Å². The fourth-order valence-electron chi connectivity index (χ4n) is 5.10. The fraction of sp³-hybridized carbons (Fsp3) is 0.333. The van der Waals surface area contributed by atoms with Crippen molar-refractivity contribution in [3.05, 3.63) is 88.8 Å². The van der Waals surface area contributed by atoms with E-state index in [-0.39, 0.29) is 46.8 Å². The zero-order valence-electron chi connectivity index (χ0n) is 30.5. The van der Waals surface area contributed by atoms with E-state index < -0.39 is 61.3 Å². The summed E-state index contributed by atoms with van der Waals surface area (Å²) in [5, 5.41) is 32.7. The van der Waals surface area contributed by atoms with Crippen LogP contribution in [0.15, 0.2) is 55.1 Å². The van der Waals surface area contributed by atoms with E-state index in [2.05, 4.69) is 22.2 Å². The molecule has 0 radical (unpaired) electrons. The summed E-state index contributed by atoms with van der Waals surface area (Å²) in [7, 11) is 0. The van der Waals surface area contributed by atoms with Crippen molar-refractivity contribution in [1.82, 2.24) is 10.3 Å². The minimum Gasteiger partial charge on any atom is -0.481 e. The number of esters is 2. The van der Waals surface area contributed by atoms with Gasteiger partial charge < -0.3 is 45.2 Å². The molecule has 290 valence electrons. The minimum absolute atomic E-state index is 0.0135. The van der Waals surface area contributed by atoms with Gasteiger partial charge in [0.25, 0.3) is 11.8 Å². The molecule has 1 saturated carbocycles. The summed E-state index contributed by atoms with van der Waals surface area (Å²) >= 11 is 0. The highest BCUT2D eigenvalue weighted by atomic mass is 16.8. The van der Waals surface area contributed by atoms with E-state index in [0.29, 0.717) is 34.8 Å². The average molecular weight is 759 g/mol. The van der Waals surface area contributed by atoms with Crippen LogP contribution in [0.3, 0.4) is 0 Å². The zero-order valence-corrected chi connectivity index (χ0v) is 30.5. The third-order valence-electron chi connectivity index (χ3n) is 8.03. The van der Waals surface area contributed by atoms with Crippen molar-refractivity contribution in [3.8, 4) is 11.1 Å². The molecule has 16 heteroatoms. The molecule has 1 aliphatic carbocycles. The van der Waals surface area contributed by atoms with Gasteiger partial charge in [-0.25, -0.2) is 14.6 Å². The lowest BCUT2D eigenvalue weighted by Gasteiger charge is -2.19. The number of rotatable bonds is 18. The van der Waals surface area contributed by atoms with E-state index in [1.54, 1.807) is 13.8 Å². The highest BCUT2D eigenvalue weighted by Crippen LogP contribution is 2.32. The molecule has 1 heterocycles. The number of hydrogen-bond donors (Lipinski definition) is 5. The Balaban J connectivity index is 1.66. The normalized spacial score (nSPS) is 12.5. The van der Waals surface area contributed by atoms with Gasteiger partial charge in [0.2, 0.25) is 6.29 Å². The Morgan fingerprint density at radius 3 is 2.29 bits per heavy atom. The molecule has 2 amide bonds. The number of carbonyl (C=O) groups excluding carboxylic acids is 5. The second-order valence-electron chi connectivity index (χ2n) is 12.8. The van der Waals surface area contributed by atoms with Crippen LogP contribution in [0.5, 0.6) is 0 Å². The largest absolute Gasteiger partial charge is 0.511 e. The molecule has 4 rings (SSSR count). The van der Waals surface area contributed by atoms with Crippen molar-refractivity contribution in [2.24, 2.45) is 5.92 Å². The van der Waals surface area contributed by atoms with Crippen molar-refractivity contribution in [1.29, 1.82) is 5.41 Å². The molecule has 1 atom stereocenters. The molecule has 1 fully saturated rings. The number of aliphatic hydroxyl groups is 1. The van der Waals surface area contributed by atoms with E-state index in [0.717, 1.165) is 12.8 Å². The monoisotopic (exact) mass is 758 g/mol. The lowest BCUT2D eigenvalue weighted by molar-refractivity contribution is -0.145. The highest BCUT2D eigenvalue weighted by Gasteiger charge is 2.28. The Kier molecular flexibility index (Phi) is 14.3. The number of carboxylic acid groups (broad SMARTS) is 1. The zero-order chi connectivity index (χ0) is 40.2. The number of carboxylic acids is 1. The topological polar surface area (TPSA) is 241 Å². The number of ether oxygens (including phenoxy) is 4. The van der Waals surface area contributed by atoms with Crippen LogP contribution in [0.25, 0.3) is 17.2 Å². The van der Waals surface area contributed by atoms with E-state index in [9.17, 15) is 33.9 Å². The number of nitrogens with zero attached hydrogens (tertiary/aromatic N) is 1. The first-order chi connectivity index (χ1) is 26.2. The number of benzene rings is 2. The number of anilines is 1. The predicted molar refractivity (Wildman–Crippen MR) is 197 cm³/mol. The fourth-order valence-corrected chi connectivity index (χ4v) is 5.10. The van der Waals surface area contributed by atoms with Gasteiger partial charge >= 0.3 is 24.1 Å². The van der Waals surface area contributed by atoms with Crippen molar-refractivity contribution < 1.29 is 57.9 Å². The predicted octanol–water partition coefficient (Wildman–Crippen LogP) is 5.12. The lowest BCUT2D eigenvalue weighted by atomic mass is 9.92. The van der Waals surface area contributed by atoms with Crippen LogP contribution in [-0.2, 0) is 35.1 Å². The molecule has 5 N–H and O–H groups in total. The summed E-state index contributed by atoms with van der Waals surface area (Å²) in [6, 6.07) is 11.7. The molecule has 1 aromatic heterocycles. The maximum absolute atomic E-state index is 14.0. The Bertz CT molecular complexity index is 1970. The van der Waals surface area contributed by atoms with Crippen molar-refractivity contribution in [2.45, 2.75) is 65.5 Å². The summed E-state index contributed by atoms with van der Waals surface area (Å²) in [4.78, 5) is 79.8. The third-order valence-corrected chi connectivity index (χ3v) is 8.03. The summed E-state index contributed by atoms with van der Waals surface area (Å²) in [6.07, 6.45) is -0.363. The summed E-state index contributed by atoms with van der Waals surface area (Å²) < 4.78 is 20.2. The SMILES string of the molecule is C=Cc1cc(C(=O)Nc2ccc(C(=N)CC(=O)OCCC(=O)O)cc2)c(-c2ccc(C(=O)NCC3CC3)nc2C(=O)OC(C)OC(=O)OC(C)C)cc1CO. The summed E-state index contributed by atoms with van der Waals surface area (Å²) in [5.41, 5.74) is 1.00. The molecule has 1 aliphatic rings. The smallest absolute Gasteiger partial charge is 0.481 e. The van der Waals surface area contributed by atoms with Crippen molar-refractivity contribution in [2.75, 3.05) is 18.5 Å². The molecule has 16 nitrogen and oxygen atoms in total. The first kappa shape index (κ1) is 41.3. The molecule has 3 aromatic rings. The first-order valence-electron chi connectivity index (χ1n) is 17.3. The Hall–Kier alpha value is -6.42. The maximum atomic E-state index is 14.0. The molecule has 0 bridgehead atoms. The van der Waals surface area contributed by atoms with E-state index in [1.807, 2.05) is 0 Å². The van der Waals surface area contributed by atoms with Crippen LogP contribution in [0.1, 0.15) is 94.5 Å². The molecule has 0 saturated heterocycles. The van der Waals surface area contributed by atoms with Gasteiger partial charge in [-0.15, -0.1) is 0 Å². The number of aromatic nitrogens is 1. The van der Waals surface area contributed by atoms with E-state index in [1.165, 1.54) is 61.5 Å². The Morgan fingerprint density at radius 2 is 1.67 bits per heavy atom. The number of hydrogen-bond acceptors (Lipinski definition) is 13. The lowest BCUT2D eigenvalue weighted by Crippen LogP contribution is -2.28. The Labute approximate surface area is 316 Å². The Morgan fingerprint density at radius 1 is 0.964 bits per heavy atom. The van der Waals surface area contributed by atoms with Gasteiger partial charge in [0.05, 0.1) is 25.6 Å². The second-order valence-corrected chi connectivity index (χ2v) is 12.8. The van der Waals surface area contributed by atoms with Gasteiger partial charge in [-0.2, -0.15) is 0 Å². The van der Waals surface area contributed by atoms with Gasteiger partial charge in [-0.3, -0.25) is 19.2 Å². The number of aliphatic hydroxyl groups excluding tert-OH is 1. The van der Waals surface area contributed by atoms with Crippen LogP contribution in [-0.4, -0.2) is 82.3 Å². The van der Waals surface area contributed by atoms with Crippen LogP contribution < -0.4 is 10.6 Å². The third kappa shape index (κ3) is 12.0. The molecule has 2 aromatic carbocycles. The molecular weight excluding hydrogens is 716 g/mol. The molecule has 0 spiro atoms. The molecule has 1 unspecified atom stereocenters. The van der Waals surface area contributed by atoms with Gasteiger partial charge in [0.1, 0.15) is 12.3 Å². The maximum Gasteiger partial charge on any atom is 0.511 e. The quantitative estimate of drug-likeness (QED) is 0.0491. The summed E-state index contributed by atoms with van der Waals surface area (Å²) in [5.74, 6) is -3.82. The van der Waals surface area contributed by atoms with Crippen LogP contribution >= 0.6 is 0 Å². The van der Waals surface area contributed by atoms with Crippen LogP contribution in [0.4, 0.5) is 10.5 Å². The van der Waals surface area contributed by atoms with Crippen LogP contribution in [0.2, 0.25) is 0 Å². The second kappa shape index (κ2) is 19.1. The number of pyridine rings is 1. The van der Waals surface area contributed by atoms with Gasteiger partial charge in [0, 0.05) is 36.0 Å². The van der Waals surface area contributed by atoms with Gasteiger partial charge in [-0.1, -0.05) is 24.8 Å². The number of nitrogens with one attached hydrogen (secondary N) is 3. The molecule has 55 heavy (non-hydrogen) atoms. The van der Waals surface area contributed by atoms with E-state index in [4.69, 9.17) is 29.5 Å². The highest BCUT2D eigenvalue weighted by molar-refractivity contribution is 6.12. The molecule has 0 aliphatic heterocycles. The minimum atomic E-state index is -1.44. The molecular formula is C39H42N4O12. The van der Waals surface area contributed by atoms with Crippen molar-refractivity contribution in [3.63, 3.8) is 0 Å². The van der Waals surface area contributed by atoms with Crippen LogP contribution in [0, 0.1) is 11.3 Å². The standard InChI is InChI=1S/C39H42N4O12/c1-5-24-16-30(36(48)42-27-10-8-25(9-11-27)31(40)18-34(47)52-15-14-33(45)46)29(17-26(24)20-44)28-12-13-32(37(49)41-19-23-6-7-23)43-35(28)38(50)54-22(4)55-39(51)53-21(2)3/h5,8-13,16-17,21-23,40,44H,1,6-7,14-15,18-20H2,2-4H3,(H,41,49)(H,42,48)(H,45,46). The number of carbonyl (C=O) groups is 6. The summed E-state index contributed by atoms with van der Waals surface area (Å²) in [6.45, 7) is 7.93. The number of amides is 2. The van der Waals surface area contributed by atoms with Gasteiger partial charge in [-0.05, 0) is 91.3 Å². The number of aliphatic carboxylic acids is 1. The first-order valence-corrected chi connectivity index (χ1v) is 17.3. The van der Waals surface area contributed by atoms with E-state index >= 15 is 0 Å². The van der Waals surface area contributed by atoms with Crippen molar-refractivity contribution >= 4 is 53.4 Å².